The van der Waals surface area contributed by atoms with Gasteiger partial charge in [-0.3, -0.25) is 0 Å². The molecule has 0 rings (SSSR count). The van der Waals surface area contributed by atoms with E-state index in [0.29, 0.717) is 6.42 Å². The van der Waals surface area contributed by atoms with Crippen LogP contribution >= 0.6 is 0 Å². The molecule has 0 saturated carbocycles. The summed E-state index contributed by atoms with van der Waals surface area (Å²) in [6, 6.07) is 0. The van der Waals surface area contributed by atoms with E-state index in [4.69, 9.17) is 0 Å². The van der Waals surface area contributed by atoms with Gasteiger partial charge in [-0.15, -0.1) is 0 Å². The van der Waals surface area contributed by atoms with Crippen LogP contribution < -0.4 is 5.32 Å². The molecular formula is C6H12NO. The summed E-state index contributed by atoms with van der Waals surface area (Å²) in [6.45, 7) is 5.33. The van der Waals surface area contributed by atoms with E-state index in [0.717, 1.165) is 25.8 Å². The second-order valence-corrected chi connectivity index (χ2v) is 1.56. The summed E-state index contributed by atoms with van der Waals surface area (Å²) in [5, 5.41) is 3.04. The van der Waals surface area contributed by atoms with Gasteiger partial charge in [-0.25, -0.2) is 0 Å². The maximum Gasteiger partial charge on any atom is 0.121 e. The minimum absolute atomic E-state index is 0.611. The molecule has 0 saturated heterocycles. The number of hydrogen-bond donors (Lipinski definition) is 1. The topological polar surface area (TPSA) is 29.1 Å². The zero-order valence-corrected chi connectivity index (χ0v) is 5.02. The van der Waals surface area contributed by atoms with E-state index in [1.54, 1.807) is 0 Å². The Labute approximate surface area is 50.3 Å². The minimum Gasteiger partial charge on any atom is -0.316 e. The van der Waals surface area contributed by atoms with E-state index < -0.39 is 0 Å². The molecule has 0 spiro atoms. The Bertz CT molecular complexity index is 54.5. The van der Waals surface area contributed by atoms with Gasteiger partial charge < -0.3 is 10.1 Å². The number of hydrogen-bond acceptors (Lipinski definition) is 2. The van der Waals surface area contributed by atoms with Crippen LogP contribution in [0.1, 0.15) is 12.8 Å². The smallest absolute Gasteiger partial charge is 0.121 e. The fraction of sp³-hybridized carbons (Fsp3) is 0.667. The summed E-state index contributed by atoms with van der Waals surface area (Å²) in [7, 11) is 0. The van der Waals surface area contributed by atoms with Crippen LogP contribution in [0.4, 0.5) is 0 Å². The number of rotatable bonds is 5. The van der Waals surface area contributed by atoms with Crippen molar-refractivity contribution >= 4 is 6.29 Å². The van der Waals surface area contributed by atoms with Crippen molar-refractivity contribution in [1.29, 1.82) is 0 Å². The fourth-order valence-electron chi connectivity index (χ4n) is 0.411. The Morgan fingerprint density at radius 2 is 2.25 bits per heavy atom. The zero-order chi connectivity index (χ0) is 6.24. The quantitative estimate of drug-likeness (QED) is 0.414. The first-order valence-corrected chi connectivity index (χ1v) is 2.85. The van der Waals surface area contributed by atoms with E-state index in [1.165, 1.54) is 0 Å². The first-order chi connectivity index (χ1) is 3.91. The van der Waals surface area contributed by atoms with E-state index in [2.05, 4.69) is 12.2 Å². The molecule has 0 aromatic heterocycles. The molecule has 1 N–H and O–H groups in total. The van der Waals surface area contributed by atoms with Crippen LogP contribution in [0, 0.1) is 6.92 Å². The highest BCUT2D eigenvalue weighted by Crippen LogP contribution is 1.70. The van der Waals surface area contributed by atoms with Crippen LogP contribution in [0.3, 0.4) is 0 Å². The highest BCUT2D eigenvalue weighted by Gasteiger charge is 1.80. The van der Waals surface area contributed by atoms with Gasteiger partial charge in [-0.1, -0.05) is 6.92 Å². The van der Waals surface area contributed by atoms with Crippen molar-refractivity contribution in [2.75, 3.05) is 13.1 Å². The third kappa shape index (κ3) is 5.63. The number of aldehydes is 1. The Kier molecular flexibility index (Phi) is 6.32. The van der Waals surface area contributed by atoms with Gasteiger partial charge in [0, 0.05) is 13.0 Å². The third-order valence-electron chi connectivity index (χ3n) is 0.793. The average Bonchev–Trinajstić information content (AvgIpc) is 1.81. The van der Waals surface area contributed by atoms with Gasteiger partial charge in [0.1, 0.15) is 6.29 Å². The lowest BCUT2D eigenvalue weighted by atomic mass is 10.4. The van der Waals surface area contributed by atoms with Crippen LogP contribution in [0.5, 0.6) is 0 Å². The van der Waals surface area contributed by atoms with E-state index >= 15 is 0 Å². The summed E-state index contributed by atoms with van der Waals surface area (Å²) >= 11 is 0. The molecule has 0 bridgehead atoms. The van der Waals surface area contributed by atoms with Crippen molar-refractivity contribution in [3.05, 3.63) is 6.92 Å². The Hall–Kier alpha value is -0.370. The minimum atomic E-state index is 0.611. The highest BCUT2D eigenvalue weighted by molar-refractivity contribution is 5.49. The summed E-state index contributed by atoms with van der Waals surface area (Å²) in [4.78, 5) is 9.71. The predicted octanol–water partition coefficient (Wildman–Crippen LogP) is 0.389. The standard InChI is InChI=1S/C6H12NO/c1-2-4-7-5-3-6-8/h6-7H,1-5H2. The average molecular weight is 114 g/mol. The largest absolute Gasteiger partial charge is 0.316 e. The van der Waals surface area contributed by atoms with Crippen molar-refractivity contribution in [3.8, 4) is 0 Å². The highest BCUT2D eigenvalue weighted by atomic mass is 16.1. The van der Waals surface area contributed by atoms with Gasteiger partial charge in [0.15, 0.2) is 0 Å². The van der Waals surface area contributed by atoms with Crippen molar-refractivity contribution < 1.29 is 4.79 Å². The lowest BCUT2D eigenvalue weighted by Crippen LogP contribution is -2.15. The maximum absolute atomic E-state index is 9.71. The lowest BCUT2D eigenvalue weighted by molar-refractivity contribution is -0.107. The molecule has 0 aliphatic rings. The second kappa shape index (κ2) is 6.63. The maximum atomic E-state index is 9.71. The van der Waals surface area contributed by atoms with Crippen LogP contribution in [-0.2, 0) is 4.79 Å². The molecule has 8 heavy (non-hydrogen) atoms. The van der Waals surface area contributed by atoms with Crippen molar-refractivity contribution in [1.82, 2.24) is 5.32 Å². The monoisotopic (exact) mass is 114 g/mol. The molecule has 0 unspecified atom stereocenters. The van der Waals surface area contributed by atoms with Crippen LogP contribution in [-0.4, -0.2) is 19.4 Å². The number of carbonyl (C=O) groups excluding carboxylic acids is 1. The Morgan fingerprint density at radius 3 is 2.75 bits per heavy atom. The van der Waals surface area contributed by atoms with E-state index in [9.17, 15) is 4.79 Å². The van der Waals surface area contributed by atoms with Crippen molar-refractivity contribution in [2.45, 2.75) is 12.8 Å². The molecule has 0 heterocycles. The molecule has 0 aromatic rings. The molecule has 2 heteroatoms. The molecule has 0 aliphatic carbocycles. The van der Waals surface area contributed by atoms with E-state index in [1.807, 2.05) is 0 Å². The molecular weight excluding hydrogens is 102 g/mol. The van der Waals surface area contributed by atoms with Gasteiger partial charge in [0.2, 0.25) is 0 Å². The summed E-state index contributed by atoms with van der Waals surface area (Å²) in [5.41, 5.74) is 0. The van der Waals surface area contributed by atoms with Gasteiger partial charge in [0.25, 0.3) is 0 Å². The van der Waals surface area contributed by atoms with Gasteiger partial charge in [0.05, 0.1) is 0 Å². The van der Waals surface area contributed by atoms with Gasteiger partial charge >= 0.3 is 0 Å². The Balaban J connectivity index is 2.62. The van der Waals surface area contributed by atoms with Crippen LogP contribution in [0.2, 0.25) is 0 Å². The number of nitrogens with one attached hydrogen (secondary N) is 1. The predicted molar refractivity (Wildman–Crippen MR) is 33.5 cm³/mol. The molecule has 2 nitrogen and oxygen atoms in total. The zero-order valence-electron chi connectivity index (χ0n) is 5.02. The van der Waals surface area contributed by atoms with Gasteiger partial charge in [-0.2, -0.15) is 0 Å². The molecule has 47 valence electrons. The molecule has 0 fully saturated rings. The first-order valence-electron chi connectivity index (χ1n) is 2.85. The molecule has 0 aromatic carbocycles. The van der Waals surface area contributed by atoms with Crippen molar-refractivity contribution in [3.63, 3.8) is 0 Å². The van der Waals surface area contributed by atoms with Crippen molar-refractivity contribution in [2.24, 2.45) is 0 Å². The van der Waals surface area contributed by atoms with Crippen LogP contribution in [0.25, 0.3) is 0 Å². The Morgan fingerprint density at radius 1 is 1.50 bits per heavy atom. The van der Waals surface area contributed by atoms with Crippen LogP contribution in [0.15, 0.2) is 0 Å². The van der Waals surface area contributed by atoms with E-state index in [-0.39, 0.29) is 0 Å². The third-order valence-corrected chi connectivity index (χ3v) is 0.793. The fourth-order valence-corrected chi connectivity index (χ4v) is 0.411. The molecule has 0 amide bonds. The summed E-state index contributed by atoms with van der Waals surface area (Å²) in [6.07, 6.45) is 2.41. The number of carbonyl (C=O) groups is 1. The summed E-state index contributed by atoms with van der Waals surface area (Å²) in [5.74, 6) is 0. The molecule has 1 radical (unpaired) electrons. The molecule has 0 atom stereocenters. The van der Waals surface area contributed by atoms with Gasteiger partial charge in [-0.05, 0) is 13.0 Å². The molecule has 0 aliphatic heterocycles. The second-order valence-electron chi connectivity index (χ2n) is 1.56. The lowest BCUT2D eigenvalue weighted by Gasteiger charge is -1.95. The summed E-state index contributed by atoms with van der Waals surface area (Å²) < 4.78 is 0. The SMILES string of the molecule is [CH2]CCNCCC=O. The first kappa shape index (κ1) is 7.63. The normalized spacial score (nSPS) is 9.12.